The number of nitrogens with two attached hydrogens (primary N) is 1. The number of amides is 1. The van der Waals surface area contributed by atoms with Gasteiger partial charge in [-0.15, -0.1) is 0 Å². The van der Waals surface area contributed by atoms with Crippen LogP contribution in [0.3, 0.4) is 0 Å². The number of likely N-dealkylation sites (tertiary alicyclic amines) is 1. The summed E-state index contributed by atoms with van der Waals surface area (Å²) in [7, 11) is 0. The van der Waals surface area contributed by atoms with Gasteiger partial charge in [0.15, 0.2) is 0 Å². The highest BCUT2D eigenvalue weighted by Gasteiger charge is 2.20. The number of aryl methyl sites for hydroxylation is 1. The van der Waals surface area contributed by atoms with Crippen LogP contribution in [0.5, 0.6) is 0 Å². The largest absolute Gasteiger partial charge is 0.399 e. The first kappa shape index (κ1) is 13.9. The molecule has 104 valence electrons. The number of hydrogen-bond donors (Lipinski definition) is 2. The predicted octanol–water partition coefficient (Wildman–Crippen LogP) is 1.79. The van der Waals surface area contributed by atoms with E-state index in [1.54, 1.807) is 12.1 Å². The van der Waals surface area contributed by atoms with Crippen LogP contribution in [0.2, 0.25) is 0 Å². The van der Waals surface area contributed by atoms with Gasteiger partial charge in [-0.25, -0.2) is 0 Å². The van der Waals surface area contributed by atoms with Gasteiger partial charge in [-0.2, -0.15) is 0 Å². The molecule has 0 unspecified atom stereocenters. The summed E-state index contributed by atoms with van der Waals surface area (Å²) in [5, 5.41) is 3.13. The van der Waals surface area contributed by atoms with Gasteiger partial charge in [0.1, 0.15) is 0 Å². The maximum absolute atomic E-state index is 12.2. The van der Waals surface area contributed by atoms with Crippen molar-refractivity contribution < 1.29 is 4.79 Å². The minimum atomic E-state index is 0.0208. The maximum Gasteiger partial charge on any atom is 0.251 e. The van der Waals surface area contributed by atoms with Gasteiger partial charge >= 0.3 is 0 Å². The van der Waals surface area contributed by atoms with E-state index >= 15 is 0 Å². The molecule has 1 aromatic carbocycles. The average Bonchev–Trinajstić information content (AvgIpc) is 2.39. The Balaban J connectivity index is 1.94. The van der Waals surface area contributed by atoms with Crippen LogP contribution >= 0.6 is 0 Å². The van der Waals surface area contributed by atoms with E-state index in [0.717, 1.165) is 43.6 Å². The Morgan fingerprint density at radius 1 is 1.42 bits per heavy atom. The molecule has 0 saturated carbocycles. The van der Waals surface area contributed by atoms with Crippen LogP contribution in [0.1, 0.15) is 35.7 Å². The van der Waals surface area contributed by atoms with Crippen molar-refractivity contribution >= 4 is 11.6 Å². The molecule has 4 heteroatoms. The second kappa shape index (κ2) is 6.06. The van der Waals surface area contributed by atoms with E-state index in [1.807, 2.05) is 13.0 Å². The Hall–Kier alpha value is -1.55. The monoisotopic (exact) mass is 261 g/mol. The number of nitrogen functional groups attached to an aromatic ring is 1. The molecule has 2 rings (SSSR count). The first-order chi connectivity index (χ1) is 9.10. The zero-order valence-electron chi connectivity index (χ0n) is 11.8. The van der Waals surface area contributed by atoms with E-state index in [4.69, 9.17) is 5.73 Å². The lowest BCUT2D eigenvalue weighted by Crippen LogP contribution is -2.44. The molecule has 4 nitrogen and oxygen atoms in total. The summed E-state index contributed by atoms with van der Waals surface area (Å²) in [4.78, 5) is 14.6. The molecular weight excluding hydrogens is 238 g/mol. The lowest BCUT2D eigenvalue weighted by Gasteiger charge is -2.31. The quantitative estimate of drug-likeness (QED) is 0.816. The molecule has 1 fully saturated rings. The minimum absolute atomic E-state index is 0.0208. The first-order valence-electron chi connectivity index (χ1n) is 6.99. The third kappa shape index (κ3) is 3.47. The molecule has 19 heavy (non-hydrogen) atoms. The number of carbonyl (C=O) groups is 1. The summed E-state index contributed by atoms with van der Waals surface area (Å²) >= 11 is 0. The van der Waals surface area contributed by atoms with E-state index < -0.39 is 0 Å². The third-order valence-electron chi connectivity index (χ3n) is 3.87. The van der Waals surface area contributed by atoms with E-state index in [1.165, 1.54) is 0 Å². The van der Waals surface area contributed by atoms with Crippen LogP contribution in [0.4, 0.5) is 5.69 Å². The lowest BCUT2D eigenvalue weighted by molar-refractivity contribution is 0.0912. The van der Waals surface area contributed by atoms with Crippen LogP contribution < -0.4 is 11.1 Å². The second-order valence-electron chi connectivity index (χ2n) is 5.26. The molecule has 0 radical (unpaired) electrons. The number of nitrogens with one attached hydrogen (secondary N) is 1. The topological polar surface area (TPSA) is 58.4 Å². The number of benzene rings is 1. The Labute approximate surface area is 115 Å². The van der Waals surface area contributed by atoms with Crippen LogP contribution in [0.25, 0.3) is 0 Å². The number of nitrogens with zero attached hydrogens (tertiary/aromatic N) is 1. The summed E-state index contributed by atoms with van der Waals surface area (Å²) in [5.74, 6) is 0.0208. The summed E-state index contributed by atoms with van der Waals surface area (Å²) in [5.41, 5.74) is 8.07. The Kier molecular flexibility index (Phi) is 4.43. The Morgan fingerprint density at radius 3 is 2.68 bits per heavy atom. The van der Waals surface area contributed by atoms with Crippen molar-refractivity contribution in [3.8, 4) is 0 Å². The SMILES string of the molecule is CCN1CCC(NC(=O)c2ccc(N)cc2C)CC1. The molecular formula is C15H23N3O. The number of piperidine rings is 1. The van der Waals surface area contributed by atoms with Gasteiger partial charge in [0.25, 0.3) is 5.91 Å². The van der Waals surface area contributed by atoms with Gasteiger partial charge in [0.2, 0.25) is 0 Å². The fraction of sp³-hybridized carbons (Fsp3) is 0.533. The van der Waals surface area contributed by atoms with Crippen molar-refractivity contribution in [2.24, 2.45) is 0 Å². The van der Waals surface area contributed by atoms with Crippen LogP contribution in [-0.4, -0.2) is 36.5 Å². The van der Waals surface area contributed by atoms with Crippen LogP contribution in [0, 0.1) is 6.92 Å². The van der Waals surface area contributed by atoms with Crippen molar-refractivity contribution in [2.75, 3.05) is 25.4 Å². The van der Waals surface area contributed by atoms with Gasteiger partial charge in [-0.3, -0.25) is 4.79 Å². The number of carbonyl (C=O) groups excluding carboxylic acids is 1. The fourth-order valence-corrected chi connectivity index (χ4v) is 2.60. The second-order valence-corrected chi connectivity index (χ2v) is 5.26. The maximum atomic E-state index is 12.2. The molecule has 3 N–H and O–H groups in total. The smallest absolute Gasteiger partial charge is 0.251 e. The molecule has 0 spiro atoms. The minimum Gasteiger partial charge on any atom is -0.399 e. The number of anilines is 1. The zero-order valence-corrected chi connectivity index (χ0v) is 11.8. The van der Waals surface area contributed by atoms with E-state index in [9.17, 15) is 4.79 Å². The van der Waals surface area contributed by atoms with Crippen molar-refractivity contribution in [3.63, 3.8) is 0 Å². The fourth-order valence-electron chi connectivity index (χ4n) is 2.60. The Bertz CT molecular complexity index is 451. The molecule has 1 aliphatic heterocycles. The van der Waals surface area contributed by atoms with Gasteiger partial charge in [0, 0.05) is 30.4 Å². The van der Waals surface area contributed by atoms with Gasteiger partial charge in [-0.05, 0) is 50.1 Å². The Morgan fingerprint density at radius 2 is 2.11 bits per heavy atom. The molecule has 0 aliphatic carbocycles. The molecule has 0 bridgehead atoms. The summed E-state index contributed by atoms with van der Waals surface area (Å²) in [6.07, 6.45) is 2.07. The van der Waals surface area contributed by atoms with Crippen molar-refractivity contribution in [3.05, 3.63) is 29.3 Å². The molecule has 1 heterocycles. The summed E-state index contributed by atoms with van der Waals surface area (Å²) in [6, 6.07) is 5.73. The molecule has 1 aromatic rings. The number of hydrogen-bond acceptors (Lipinski definition) is 3. The number of rotatable bonds is 3. The zero-order chi connectivity index (χ0) is 13.8. The van der Waals surface area contributed by atoms with Crippen LogP contribution in [-0.2, 0) is 0 Å². The lowest BCUT2D eigenvalue weighted by atomic mass is 10.0. The molecule has 0 atom stereocenters. The highest BCUT2D eigenvalue weighted by molar-refractivity contribution is 5.96. The van der Waals surface area contributed by atoms with Gasteiger partial charge < -0.3 is 16.0 Å². The van der Waals surface area contributed by atoms with E-state index in [0.29, 0.717) is 11.7 Å². The standard InChI is InChI=1S/C15H23N3O/c1-3-18-8-6-13(7-9-18)17-15(19)14-5-4-12(16)10-11(14)2/h4-5,10,13H,3,6-9,16H2,1-2H3,(H,17,19). The highest BCUT2D eigenvalue weighted by Crippen LogP contribution is 2.14. The van der Waals surface area contributed by atoms with Crippen molar-refractivity contribution in [1.82, 2.24) is 10.2 Å². The molecule has 1 saturated heterocycles. The molecule has 1 aliphatic rings. The van der Waals surface area contributed by atoms with Crippen molar-refractivity contribution in [2.45, 2.75) is 32.7 Å². The first-order valence-corrected chi connectivity index (χ1v) is 6.99. The van der Waals surface area contributed by atoms with Gasteiger partial charge in [0.05, 0.1) is 0 Å². The predicted molar refractivity (Wildman–Crippen MR) is 78.2 cm³/mol. The summed E-state index contributed by atoms with van der Waals surface area (Å²) in [6.45, 7) is 7.34. The van der Waals surface area contributed by atoms with Crippen LogP contribution in [0.15, 0.2) is 18.2 Å². The van der Waals surface area contributed by atoms with E-state index in [-0.39, 0.29) is 5.91 Å². The highest BCUT2D eigenvalue weighted by atomic mass is 16.1. The van der Waals surface area contributed by atoms with E-state index in [2.05, 4.69) is 17.1 Å². The molecule has 1 amide bonds. The van der Waals surface area contributed by atoms with Gasteiger partial charge in [-0.1, -0.05) is 6.92 Å². The van der Waals surface area contributed by atoms with Crippen molar-refractivity contribution in [1.29, 1.82) is 0 Å². The molecule has 0 aromatic heterocycles. The average molecular weight is 261 g/mol. The normalized spacial score (nSPS) is 17.4. The third-order valence-corrected chi connectivity index (χ3v) is 3.87. The summed E-state index contributed by atoms with van der Waals surface area (Å²) < 4.78 is 0.